The van der Waals surface area contributed by atoms with E-state index in [0.717, 1.165) is 0 Å². The summed E-state index contributed by atoms with van der Waals surface area (Å²) < 4.78 is 53.2. The van der Waals surface area contributed by atoms with E-state index in [1.165, 1.54) is 14.7 Å². The Balaban J connectivity index is 1.89. The molecule has 2 rings (SSSR count). The van der Waals surface area contributed by atoms with Gasteiger partial charge in [0.25, 0.3) is 16.0 Å². The number of piperazine rings is 1. The third-order valence-electron chi connectivity index (χ3n) is 4.43. The quantitative estimate of drug-likeness (QED) is 0.601. The molecule has 1 fully saturated rings. The van der Waals surface area contributed by atoms with Crippen LogP contribution in [0.2, 0.25) is 0 Å². The van der Waals surface area contributed by atoms with Gasteiger partial charge in [0.2, 0.25) is 5.91 Å². The van der Waals surface area contributed by atoms with E-state index in [2.05, 4.69) is 5.32 Å². The van der Waals surface area contributed by atoms with Gasteiger partial charge in [-0.3, -0.25) is 9.69 Å². The Labute approximate surface area is 169 Å². The first-order chi connectivity index (χ1) is 13.3. The topological polar surface area (TPSA) is 73.0 Å². The number of nitrogens with zero attached hydrogens (tertiary/aromatic N) is 3. The summed E-state index contributed by atoms with van der Waals surface area (Å²) in [7, 11) is -3.48. The Morgan fingerprint density at radius 2 is 1.79 bits per heavy atom. The first kappa shape index (κ1) is 23.0. The summed E-state index contributed by atoms with van der Waals surface area (Å²) in [6, 6.07) is 6.42. The van der Waals surface area contributed by atoms with E-state index < -0.39 is 16.0 Å². The molecule has 0 bridgehead atoms. The van der Waals surface area contributed by atoms with Gasteiger partial charge in [-0.2, -0.15) is 25.8 Å². The van der Waals surface area contributed by atoms with Crippen LogP contribution in [-0.4, -0.2) is 79.4 Å². The largest absolute Gasteiger partial charge is 0.324 e. The van der Waals surface area contributed by atoms with Crippen molar-refractivity contribution in [3.05, 3.63) is 24.3 Å². The third kappa shape index (κ3) is 6.11. The Kier molecular flexibility index (Phi) is 8.62. The lowest BCUT2D eigenvalue weighted by molar-refractivity contribution is -0.117. The highest BCUT2D eigenvalue weighted by Gasteiger charge is 2.31. The second-order valence-corrected chi connectivity index (χ2v) is 9.15. The molecule has 158 valence electrons. The van der Waals surface area contributed by atoms with Gasteiger partial charge in [0, 0.05) is 44.2 Å². The zero-order chi connectivity index (χ0) is 20.7. The number of hydrogen-bond donors (Lipinski definition) is 1. The van der Waals surface area contributed by atoms with Crippen LogP contribution in [0, 0.1) is 0 Å². The molecule has 1 aliphatic rings. The molecule has 1 saturated heterocycles. The summed E-state index contributed by atoms with van der Waals surface area (Å²) in [5.41, 5.74) is 0.348. The number of alkyl halides is 2. The number of nitrogens with one attached hydrogen (secondary N) is 1. The highest BCUT2D eigenvalue weighted by Crippen LogP contribution is 2.31. The molecule has 28 heavy (non-hydrogen) atoms. The predicted molar refractivity (Wildman–Crippen MR) is 107 cm³/mol. The van der Waals surface area contributed by atoms with Crippen molar-refractivity contribution >= 4 is 33.6 Å². The molecule has 7 nitrogen and oxygen atoms in total. The number of carbonyl (C=O) groups is 1. The van der Waals surface area contributed by atoms with Gasteiger partial charge in [0.05, 0.1) is 12.2 Å². The molecule has 0 unspecified atom stereocenters. The van der Waals surface area contributed by atoms with Crippen LogP contribution in [0.1, 0.15) is 13.8 Å². The molecule has 11 heteroatoms. The van der Waals surface area contributed by atoms with E-state index in [9.17, 15) is 22.0 Å². The molecule has 0 atom stereocenters. The number of thioether (sulfide) groups is 1. The highest BCUT2D eigenvalue weighted by molar-refractivity contribution is 7.99. The Morgan fingerprint density at radius 1 is 1.18 bits per heavy atom. The lowest BCUT2D eigenvalue weighted by atomic mass is 10.3. The minimum atomic E-state index is -3.48. The monoisotopic (exact) mass is 436 g/mol. The third-order valence-corrected chi connectivity index (χ3v) is 7.41. The van der Waals surface area contributed by atoms with Crippen LogP contribution in [0.25, 0.3) is 0 Å². The second-order valence-electron chi connectivity index (χ2n) is 6.19. The van der Waals surface area contributed by atoms with Crippen molar-refractivity contribution in [3.8, 4) is 0 Å². The van der Waals surface area contributed by atoms with Gasteiger partial charge in [0.1, 0.15) is 0 Å². The molecule has 1 N–H and O–H groups in total. The van der Waals surface area contributed by atoms with E-state index in [-0.39, 0.29) is 12.5 Å². The van der Waals surface area contributed by atoms with Crippen molar-refractivity contribution in [1.82, 2.24) is 13.5 Å². The Morgan fingerprint density at radius 3 is 2.36 bits per heavy atom. The number of benzene rings is 1. The number of anilines is 1. The van der Waals surface area contributed by atoms with Gasteiger partial charge in [-0.05, 0) is 12.1 Å². The van der Waals surface area contributed by atoms with E-state index in [1.54, 1.807) is 32.0 Å². The van der Waals surface area contributed by atoms with E-state index in [0.29, 0.717) is 61.6 Å². The fourth-order valence-corrected chi connectivity index (χ4v) is 5.19. The number of halogens is 2. The molecule has 1 amide bonds. The van der Waals surface area contributed by atoms with Crippen molar-refractivity contribution in [2.24, 2.45) is 0 Å². The van der Waals surface area contributed by atoms with Gasteiger partial charge >= 0.3 is 0 Å². The summed E-state index contributed by atoms with van der Waals surface area (Å²) in [5.74, 6) is -2.89. The number of rotatable bonds is 9. The van der Waals surface area contributed by atoms with Crippen LogP contribution in [-0.2, 0) is 15.0 Å². The number of hydrogen-bond acceptors (Lipinski definition) is 5. The van der Waals surface area contributed by atoms with Crippen LogP contribution in [0.5, 0.6) is 0 Å². The van der Waals surface area contributed by atoms with Crippen molar-refractivity contribution in [2.75, 3.05) is 51.1 Å². The number of carbonyl (C=O) groups excluding carboxylic acids is 1. The molecule has 0 spiro atoms. The van der Waals surface area contributed by atoms with Gasteiger partial charge in [-0.1, -0.05) is 37.7 Å². The molecule has 0 aromatic heterocycles. The van der Waals surface area contributed by atoms with E-state index in [1.807, 2.05) is 4.90 Å². The first-order valence-corrected chi connectivity index (χ1v) is 11.4. The van der Waals surface area contributed by atoms with E-state index in [4.69, 9.17) is 0 Å². The van der Waals surface area contributed by atoms with Crippen LogP contribution in [0.3, 0.4) is 0 Å². The van der Waals surface area contributed by atoms with Gasteiger partial charge < -0.3 is 5.32 Å². The van der Waals surface area contributed by atoms with E-state index >= 15 is 0 Å². The maximum Gasteiger partial charge on any atom is 0.288 e. The molecule has 1 aliphatic heterocycles. The fourth-order valence-electron chi connectivity index (χ4n) is 2.99. The first-order valence-electron chi connectivity index (χ1n) is 9.09. The van der Waals surface area contributed by atoms with Crippen molar-refractivity contribution in [3.63, 3.8) is 0 Å². The molecule has 0 radical (unpaired) electrons. The molecule has 0 aliphatic carbocycles. The molecule has 1 heterocycles. The minimum Gasteiger partial charge on any atom is -0.324 e. The summed E-state index contributed by atoms with van der Waals surface area (Å²) in [5, 5.41) is 2.67. The smallest absolute Gasteiger partial charge is 0.288 e. The molecule has 1 aromatic rings. The predicted octanol–water partition coefficient (Wildman–Crippen LogP) is 2.14. The zero-order valence-corrected chi connectivity index (χ0v) is 17.6. The van der Waals surface area contributed by atoms with Crippen molar-refractivity contribution in [1.29, 1.82) is 0 Å². The lowest BCUT2D eigenvalue weighted by Crippen LogP contribution is -2.54. The van der Waals surface area contributed by atoms with Crippen LogP contribution < -0.4 is 5.32 Å². The molecular formula is C17H26F2N4O3S2. The maximum absolute atomic E-state index is 12.6. The molecule has 0 saturated carbocycles. The average Bonchev–Trinajstić information content (AvgIpc) is 2.64. The lowest BCUT2D eigenvalue weighted by Gasteiger charge is -2.35. The number of amides is 1. The van der Waals surface area contributed by atoms with Crippen LogP contribution in [0.15, 0.2) is 29.2 Å². The Hall–Kier alpha value is -1.27. The summed E-state index contributed by atoms with van der Waals surface area (Å²) >= 11 is 0.383. The highest BCUT2D eigenvalue weighted by atomic mass is 32.2. The Bertz CT molecular complexity index is 753. The average molecular weight is 437 g/mol. The van der Waals surface area contributed by atoms with Crippen LogP contribution >= 0.6 is 11.8 Å². The minimum absolute atomic E-state index is 0.0762. The molecular weight excluding hydrogens is 410 g/mol. The normalized spacial score (nSPS) is 16.6. The second kappa shape index (κ2) is 10.5. The van der Waals surface area contributed by atoms with Gasteiger partial charge in [-0.15, -0.1) is 0 Å². The molecule has 1 aromatic carbocycles. The summed E-state index contributed by atoms with van der Waals surface area (Å²) in [6.45, 7) is 5.98. The van der Waals surface area contributed by atoms with Gasteiger partial charge in [-0.25, -0.2) is 0 Å². The van der Waals surface area contributed by atoms with Crippen molar-refractivity contribution in [2.45, 2.75) is 24.5 Å². The zero-order valence-electron chi connectivity index (χ0n) is 16.0. The number of para-hydroxylation sites is 1. The van der Waals surface area contributed by atoms with Crippen LogP contribution in [0.4, 0.5) is 14.5 Å². The summed E-state index contributed by atoms with van der Waals surface area (Å²) in [6.07, 6.45) is 0. The fraction of sp³-hybridized carbons (Fsp3) is 0.588. The summed E-state index contributed by atoms with van der Waals surface area (Å²) in [4.78, 5) is 14.5. The SMILES string of the molecule is CCN(CC)S(=O)(=O)N1CCN(CC(=O)Nc2ccccc2SC(F)F)CC1. The maximum atomic E-state index is 12.6. The van der Waals surface area contributed by atoms with Crippen molar-refractivity contribution < 1.29 is 22.0 Å². The standard InChI is InChI=1S/C17H26F2N4O3S2/c1-3-22(4-2)28(25,26)23-11-9-21(10-12-23)13-16(24)20-14-7-5-6-8-15(14)27-17(18)19/h5-8,17H,3-4,9-13H2,1-2H3,(H,20,24). The van der Waals surface area contributed by atoms with Gasteiger partial charge in [0.15, 0.2) is 0 Å².